The molecule has 7 nitrogen and oxygen atoms in total. The lowest BCUT2D eigenvalue weighted by Crippen LogP contribution is -2.40. The van der Waals surface area contributed by atoms with E-state index in [4.69, 9.17) is 16.3 Å². The van der Waals surface area contributed by atoms with Crippen LogP contribution in [0.4, 0.5) is 0 Å². The van der Waals surface area contributed by atoms with Crippen LogP contribution in [-0.2, 0) is 14.3 Å². The summed E-state index contributed by atoms with van der Waals surface area (Å²) in [5, 5.41) is 0. The van der Waals surface area contributed by atoms with E-state index >= 15 is 0 Å². The Bertz CT molecular complexity index is 1240. The largest absolute Gasteiger partial charge is 0.478 e. The Hall–Kier alpha value is -3.87. The summed E-state index contributed by atoms with van der Waals surface area (Å²) in [5.41, 5.74) is 8.90. The normalized spacial score (nSPS) is 21.1. The predicted molar refractivity (Wildman–Crippen MR) is 123 cm³/mol. The van der Waals surface area contributed by atoms with Gasteiger partial charge in [0.05, 0.1) is 5.57 Å². The van der Waals surface area contributed by atoms with Crippen LogP contribution in [0, 0.1) is 6.92 Å². The molecule has 7 heteroatoms. The van der Waals surface area contributed by atoms with Crippen molar-refractivity contribution in [3.63, 3.8) is 0 Å². The smallest absolute Gasteiger partial charge is 0.241 e. The molecule has 1 aromatic carbocycles. The Morgan fingerprint density at radius 2 is 1.97 bits per heavy atom. The van der Waals surface area contributed by atoms with Crippen molar-refractivity contribution in [1.29, 1.82) is 0 Å². The maximum Gasteiger partial charge on any atom is 0.241 e. The molecule has 1 aromatic heterocycles. The van der Waals surface area contributed by atoms with Crippen LogP contribution in [0.25, 0.3) is 11.3 Å². The second-order valence-corrected chi connectivity index (χ2v) is 8.20. The summed E-state index contributed by atoms with van der Waals surface area (Å²) < 4.78 is 7.85. The molecule has 1 saturated carbocycles. The third-order valence-electron chi connectivity index (χ3n) is 5.96. The van der Waals surface area contributed by atoms with Crippen LogP contribution >= 0.6 is 0 Å². The van der Waals surface area contributed by atoms with Gasteiger partial charge in [-0.2, -0.15) is 0 Å². The highest BCUT2D eigenvalue weighted by Gasteiger charge is 2.51. The second kappa shape index (κ2) is 8.34. The van der Waals surface area contributed by atoms with E-state index in [-0.39, 0.29) is 5.78 Å². The number of Topliss-reactive ketones (excluding diaryl/α,β-unsaturated/α-hetero) is 1. The number of carbonyl (C=O) groups excluding carboxylic acids is 2. The van der Waals surface area contributed by atoms with Crippen LogP contribution in [0.5, 0.6) is 0 Å². The molecule has 2 aromatic rings. The molecular weight excluding hydrogens is 404 g/mol. The van der Waals surface area contributed by atoms with Crippen molar-refractivity contribution in [2.45, 2.75) is 38.2 Å². The predicted octanol–water partition coefficient (Wildman–Crippen LogP) is 2.75. The van der Waals surface area contributed by atoms with Gasteiger partial charge in [-0.3, -0.25) is 14.3 Å². The zero-order valence-electron chi connectivity index (χ0n) is 18.0. The first-order valence-corrected chi connectivity index (χ1v) is 10.5. The standard InChI is InChI=1S/C25H26N4O3/c1-3-28-21-8-7-19(15-29(21)27)23-22(18-6-4-5-16(2)13-18)24(31)25(32-23)11-9-17(10-12-25)14-20(26)30/h3-8,13-15H,1,9-12,27H2,2H3,(H2,26,30)/b17-14?,28-21-. The number of aryl methyl sites for hydroxylation is 1. The van der Waals surface area contributed by atoms with Crippen LogP contribution < -0.4 is 17.1 Å². The van der Waals surface area contributed by atoms with E-state index in [1.54, 1.807) is 12.3 Å². The minimum Gasteiger partial charge on any atom is -0.478 e. The monoisotopic (exact) mass is 430 g/mol. The van der Waals surface area contributed by atoms with Crippen LogP contribution in [0.15, 0.2) is 72.0 Å². The Morgan fingerprint density at radius 3 is 2.59 bits per heavy atom. The molecule has 1 amide bonds. The van der Waals surface area contributed by atoms with E-state index in [9.17, 15) is 9.59 Å². The molecule has 0 radical (unpaired) electrons. The molecule has 0 bridgehead atoms. The van der Waals surface area contributed by atoms with Gasteiger partial charge in [-0.25, -0.2) is 4.99 Å². The van der Waals surface area contributed by atoms with Gasteiger partial charge in [-0.1, -0.05) is 42.0 Å². The average Bonchev–Trinajstić information content (AvgIpc) is 3.03. The van der Waals surface area contributed by atoms with Crippen LogP contribution in [0.1, 0.15) is 42.4 Å². The molecule has 32 heavy (non-hydrogen) atoms. The number of ketones is 1. The van der Waals surface area contributed by atoms with Gasteiger partial charge in [0.15, 0.2) is 11.1 Å². The fourth-order valence-corrected chi connectivity index (χ4v) is 4.39. The molecule has 2 aliphatic rings. The lowest BCUT2D eigenvalue weighted by molar-refractivity contribution is -0.129. The molecule has 4 rings (SSSR count). The maximum absolute atomic E-state index is 13.8. The number of benzene rings is 1. The third kappa shape index (κ3) is 3.89. The van der Waals surface area contributed by atoms with E-state index in [1.165, 1.54) is 17.0 Å². The number of nitrogens with zero attached hydrogens (tertiary/aromatic N) is 2. The highest BCUT2D eigenvalue weighted by molar-refractivity contribution is 6.33. The van der Waals surface area contributed by atoms with Crippen molar-refractivity contribution >= 4 is 23.0 Å². The van der Waals surface area contributed by atoms with Gasteiger partial charge in [0.1, 0.15) is 5.76 Å². The summed E-state index contributed by atoms with van der Waals surface area (Å²) in [6.07, 6.45) is 6.70. The number of amides is 1. The topological polar surface area (TPSA) is 113 Å². The molecule has 4 N–H and O–H groups in total. The number of ether oxygens (including phenoxy) is 1. The number of allylic oxidation sites excluding steroid dienone is 1. The van der Waals surface area contributed by atoms with Crippen molar-refractivity contribution < 1.29 is 14.3 Å². The summed E-state index contributed by atoms with van der Waals surface area (Å²) in [6, 6.07) is 11.4. The maximum atomic E-state index is 13.8. The van der Waals surface area contributed by atoms with Gasteiger partial charge < -0.3 is 16.3 Å². The van der Waals surface area contributed by atoms with Crippen molar-refractivity contribution in [3.05, 3.63) is 89.2 Å². The van der Waals surface area contributed by atoms with Crippen LogP contribution in [0.3, 0.4) is 0 Å². The quantitative estimate of drug-likeness (QED) is 0.574. The lowest BCUT2D eigenvalue weighted by atomic mass is 9.77. The fourth-order valence-electron chi connectivity index (χ4n) is 4.39. The fraction of sp³-hybridized carbons (Fsp3) is 0.240. The number of hydrogen-bond donors (Lipinski definition) is 2. The molecule has 0 saturated heterocycles. The Balaban J connectivity index is 1.80. The summed E-state index contributed by atoms with van der Waals surface area (Å²) in [4.78, 5) is 29.2. The van der Waals surface area contributed by atoms with Gasteiger partial charge in [0.25, 0.3) is 0 Å². The van der Waals surface area contributed by atoms with E-state index in [0.717, 1.165) is 16.7 Å². The van der Waals surface area contributed by atoms with Crippen molar-refractivity contribution in [3.8, 4) is 0 Å². The van der Waals surface area contributed by atoms with E-state index < -0.39 is 11.5 Å². The molecule has 0 unspecified atom stereocenters. The SMILES string of the molecule is C=C/N=c1/ccc(C2=C(c3cccc(C)c3)C(=O)C3(CCC(=CC(N)=O)CC3)O2)cn1N. The van der Waals surface area contributed by atoms with Crippen molar-refractivity contribution in [2.24, 2.45) is 10.7 Å². The number of pyridine rings is 1. The first kappa shape index (κ1) is 21.4. The Morgan fingerprint density at radius 1 is 1.22 bits per heavy atom. The van der Waals surface area contributed by atoms with Gasteiger partial charge in [0, 0.05) is 24.0 Å². The number of nitrogens with two attached hydrogens (primary N) is 2. The minimum atomic E-state index is -0.965. The van der Waals surface area contributed by atoms with Crippen LogP contribution in [0.2, 0.25) is 0 Å². The van der Waals surface area contributed by atoms with Crippen molar-refractivity contribution in [1.82, 2.24) is 4.68 Å². The summed E-state index contributed by atoms with van der Waals surface area (Å²) in [5.74, 6) is 6.11. The summed E-state index contributed by atoms with van der Waals surface area (Å²) in [6.45, 7) is 5.59. The number of primary amides is 1. The molecule has 1 aliphatic carbocycles. The third-order valence-corrected chi connectivity index (χ3v) is 5.96. The zero-order valence-corrected chi connectivity index (χ0v) is 18.0. The Labute approximate surface area is 186 Å². The second-order valence-electron chi connectivity index (χ2n) is 8.20. The first-order valence-electron chi connectivity index (χ1n) is 10.5. The molecule has 0 atom stereocenters. The van der Waals surface area contributed by atoms with Crippen LogP contribution in [-0.4, -0.2) is 22.0 Å². The number of nitrogen functional groups attached to an aromatic ring is 1. The summed E-state index contributed by atoms with van der Waals surface area (Å²) in [7, 11) is 0. The van der Waals surface area contributed by atoms with E-state index in [2.05, 4.69) is 11.6 Å². The van der Waals surface area contributed by atoms with Crippen molar-refractivity contribution in [2.75, 3.05) is 5.84 Å². The molecule has 164 valence electrons. The first-order chi connectivity index (χ1) is 15.3. The molecule has 2 heterocycles. The molecule has 1 fully saturated rings. The van der Waals surface area contributed by atoms with E-state index in [0.29, 0.717) is 48.1 Å². The van der Waals surface area contributed by atoms with E-state index in [1.807, 2.05) is 37.3 Å². The minimum absolute atomic E-state index is 0.0420. The highest BCUT2D eigenvalue weighted by Crippen LogP contribution is 2.48. The molecular formula is C25H26N4O3. The Kier molecular flexibility index (Phi) is 5.57. The average molecular weight is 431 g/mol. The van der Waals surface area contributed by atoms with Gasteiger partial charge in [-0.05, 0) is 50.3 Å². The van der Waals surface area contributed by atoms with Gasteiger partial charge in [0.2, 0.25) is 11.7 Å². The number of hydrogen-bond acceptors (Lipinski definition) is 5. The highest BCUT2D eigenvalue weighted by atomic mass is 16.5. The summed E-state index contributed by atoms with van der Waals surface area (Å²) >= 11 is 0. The van der Waals surface area contributed by atoms with Gasteiger partial charge >= 0.3 is 0 Å². The number of carbonyl (C=O) groups is 2. The molecule has 1 aliphatic heterocycles. The number of aromatic nitrogens is 1. The zero-order chi connectivity index (χ0) is 22.9. The van der Waals surface area contributed by atoms with Gasteiger partial charge in [-0.15, -0.1) is 0 Å². The number of rotatable bonds is 4. The lowest BCUT2D eigenvalue weighted by Gasteiger charge is -2.33. The molecule has 1 spiro atoms.